The molecule has 0 aliphatic carbocycles. The summed E-state index contributed by atoms with van der Waals surface area (Å²) < 4.78 is 5.72. The number of nitrogens with zero attached hydrogens (tertiary/aromatic N) is 3. The van der Waals surface area contributed by atoms with E-state index in [0.29, 0.717) is 6.54 Å². The van der Waals surface area contributed by atoms with Crippen LogP contribution in [-0.4, -0.2) is 53.2 Å². The van der Waals surface area contributed by atoms with Gasteiger partial charge in [0.2, 0.25) is 5.91 Å². The van der Waals surface area contributed by atoms with Gasteiger partial charge in [-0.05, 0) is 18.4 Å². The van der Waals surface area contributed by atoms with Crippen molar-refractivity contribution in [2.45, 2.75) is 25.0 Å². The van der Waals surface area contributed by atoms with Gasteiger partial charge in [0.05, 0.1) is 23.6 Å². The number of amides is 2. The van der Waals surface area contributed by atoms with Crippen molar-refractivity contribution in [3.63, 3.8) is 0 Å². The number of H-pyrrole nitrogens is 1. The number of rotatable bonds is 2. The summed E-state index contributed by atoms with van der Waals surface area (Å²) in [4.78, 5) is 28.8. The smallest absolute Gasteiger partial charge is 0.258 e. The van der Waals surface area contributed by atoms with Crippen molar-refractivity contribution >= 4 is 17.5 Å². The fourth-order valence-corrected chi connectivity index (χ4v) is 3.61. The van der Waals surface area contributed by atoms with Crippen LogP contribution in [0.5, 0.6) is 0 Å². The maximum Gasteiger partial charge on any atom is 0.258 e. The lowest BCUT2D eigenvalue weighted by Crippen LogP contribution is -2.54. The summed E-state index contributed by atoms with van der Waals surface area (Å²) in [5, 5.41) is 7.02. The second-order valence-electron chi connectivity index (χ2n) is 6.42. The third-order valence-corrected chi connectivity index (χ3v) is 4.93. The van der Waals surface area contributed by atoms with Gasteiger partial charge in [0.1, 0.15) is 6.61 Å². The first-order valence-corrected chi connectivity index (χ1v) is 8.42. The summed E-state index contributed by atoms with van der Waals surface area (Å²) in [7, 11) is 1.72. The minimum Gasteiger partial charge on any atom is -0.356 e. The van der Waals surface area contributed by atoms with Crippen LogP contribution in [0.1, 0.15) is 23.7 Å². The van der Waals surface area contributed by atoms with E-state index >= 15 is 0 Å². The molecule has 0 radical (unpaired) electrons. The van der Waals surface area contributed by atoms with Gasteiger partial charge in [-0.2, -0.15) is 5.10 Å². The highest BCUT2D eigenvalue weighted by Crippen LogP contribution is 2.33. The van der Waals surface area contributed by atoms with Crippen LogP contribution in [0.4, 0.5) is 5.69 Å². The molecule has 1 N–H and O–H groups in total. The van der Waals surface area contributed by atoms with E-state index < -0.39 is 12.1 Å². The van der Waals surface area contributed by atoms with Gasteiger partial charge in [-0.25, -0.2) is 0 Å². The van der Waals surface area contributed by atoms with Crippen LogP contribution in [0.15, 0.2) is 36.5 Å². The molecule has 130 valence electrons. The normalized spacial score (nSPS) is 23.5. The Kier molecular flexibility index (Phi) is 4.01. The predicted octanol–water partition coefficient (Wildman–Crippen LogP) is 1.29. The number of aromatic nitrogens is 2. The monoisotopic (exact) mass is 340 g/mol. The molecule has 1 saturated heterocycles. The highest BCUT2D eigenvalue weighted by Gasteiger charge is 2.42. The lowest BCUT2D eigenvalue weighted by atomic mass is 9.96. The van der Waals surface area contributed by atoms with Crippen LogP contribution in [0.2, 0.25) is 0 Å². The summed E-state index contributed by atoms with van der Waals surface area (Å²) in [5.74, 6) is -0.254. The van der Waals surface area contributed by atoms with Gasteiger partial charge in [-0.3, -0.25) is 14.7 Å². The van der Waals surface area contributed by atoms with Crippen molar-refractivity contribution < 1.29 is 14.3 Å². The number of aromatic amines is 1. The molecule has 25 heavy (non-hydrogen) atoms. The second kappa shape index (κ2) is 6.33. The predicted molar refractivity (Wildman–Crippen MR) is 91.0 cm³/mol. The van der Waals surface area contributed by atoms with E-state index in [1.165, 1.54) is 0 Å². The van der Waals surface area contributed by atoms with Crippen LogP contribution in [0, 0.1) is 0 Å². The first kappa shape index (κ1) is 15.8. The number of fused-ring (bicyclic) bond motifs is 1. The molecule has 2 aromatic rings. The molecule has 7 nitrogen and oxygen atoms in total. The summed E-state index contributed by atoms with van der Waals surface area (Å²) >= 11 is 0. The molecule has 0 bridgehead atoms. The Balaban J connectivity index is 1.68. The van der Waals surface area contributed by atoms with Crippen molar-refractivity contribution in [2.24, 2.45) is 0 Å². The first-order valence-electron chi connectivity index (χ1n) is 8.42. The fourth-order valence-electron chi connectivity index (χ4n) is 3.61. The summed E-state index contributed by atoms with van der Waals surface area (Å²) in [6.07, 6.45) is 2.71. The number of nitrogens with one attached hydrogen (secondary N) is 1. The summed E-state index contributed by atoms with van der Waals surface area (Å²) in [6, 6.07) is 9.12. The van der Waals surface area contributed by atoms with E-state index in [9.17, 15) is 9.59 Å². The van der Waals surface area contributed by atoms with Crippen molar-refractivity contribution in [1.82, 2.24) is 15.1 Å². The van der Waals surface area contributed by atoms with Crippen molar-refractivity contribution in [2.75, 3.05) is 25.1 Å². The number of carbonyl (C=O) groups is 2. The minimum atomic E-state index is -0.731. The zero-order valence-corrected chi connectivity index (χ0v) is 14.0. The molecule has 4 rings (SSSR count). The van der Waals surface area contributed by atoms with Gasteiger partial charge in [0, 0.05) is 13.6 Å². The van der Waals surface area contributed by atoms with E-state index in [2.05, 4.69) is 10.2 Å². The average Bonchev–Trinajstić information content (AvgIpc) is 3.12. The van der Waals surface area contributed by atoms with Crippen LogP contribution >= 0.6 is 0 Å². The van der Waals surface area contributed by atoms with Gasteiger partial charge in [0.15, 0.2) is 6.10 Å². The molecule has 0 saturated carbocycles. The molecule has 7 heteroatoms. The number of hydrogen-bond donors (Lipinski definition) is 1. The van der Waals surface area contributed by atoms with Crippen LogP contribution in [0.25, 0.3) is 0 Å². The van der Waals surface area contributed by atoms with E-state index in [-0.39, 0.29) is 18.4 Å². The van der Waals surface area contributed by atoms with E-state index in [1.807, 2.05) is 30.3 Å². The Morgan fingerprint density at radius 2 is 2.12 bits per heavy atom. The molecule has 3 heterocycles. The Hall–Kier alpha value is -2.67. The quantitative estimate of drug-likeness (QED) is 0.893. The SMILES string of the molecule is CN1C(=O)CO[C@@H](C(=O)N2CCCc3[nH]ncc32)[C@H]1c1ccccc1. The van der Waals surface area contributed by atoms with Gasteiger partial charge >= 0.3 is 0 Å². The molecule has 2 aliphatic heterocycles. The number of likely N-dealkylation sites (N-methyl/N-ethyl adjacent to an activating group) is 1. The highest BCUT2D eigenvalue weighted by molar-refractivity contribution is 5.99. The number of benzene rings is 1. The van der Waals surface area contributed by atoms with Crippen molar-refractivity contribution in [1.29, 1.82) is 0 Å². The fraction of sp³-hybridized carbons (Fsp3) is 0.389. The maximum atomic E-state index is 13.3. The van der Waals surface area contributed by atoms with Gasteiger partial charge < -0.3 is 14.5 Å². The van der Waals surface area contributed by atoms with Gasteiger partial charge in [-0.15, -0.1) is 0 Å². The molecule has 2 atom stereocenters. The third-order valence-electron chi connectivity index (χ3n) is 4.93. The number of hydrogen-bond acceptors (Lipinski definition) is 4. The lowest BCUT2D eigenvalue weighted by molar-refractivity contribution is -0.161. The van der Waals surface area contributed by atoms with Gasteiger partial charge in [-0.1, -0.05) is 30.3 Å². The number of ether oxygens (including phenoxy) is 1. The minimum absolute atomic E-state index is 0.0810. The van der Waals surface area contributed by atoms with E-state index in [0.717, 1.165) is 29.8 Å². The maximum absolute atomic E-state index is 13.3. The average molecular weight is 340 g/mol. The van der Waals surface area contributed by atoms with Crippen molar-refractivity contribution in [3.05, 3.63) is 47.8 Å². The molecule has 1 fully saturated rings. The molecule has 0 spiro atoms. The first-order chi connectivity index (χ1) is 12.2. The molecule has 1 aromatic carbocycles. The Bertz CT molecular complexity index is 789. The third kappa shape index (κ3) is 2.70. The Morgan fingerprint density at radius 3 is 2.92 bits per heavy atom. The number of carbonyl (C=O) groups excluding carboxylic acids is 2. The molecule has 2 amide bonds. The zero-order chi connectivity index (χ0) is 17.4. The molecule has 2 aliphatic rings. The summed E-state index contributed by atoms with van der Waals surface area (Å²) in [6.45, 7) is 0.548. The number of morpholine rings is 1. The molecule has 1 aromatic heterocycles. The van der Waals surface area contributed by atoms with E-state index in [1.54, 1.807) is 23.0 Å². The molecular weight excluding hydrogens is 320 g/mol. The van der Waals surface area contributed by atoms with E-state index in [4.69, 9.17) is 4.74 Å². The van der Waals surface area contributed by atoms with Crippen LogP contribution in [-0.2, 0) is 20.7 Å². The lowest BCUT2D eigenvalue weighted by Gasteiger charge is -2.40. The highest BCUT2D eigenvalue weighted by atomic mass is 16.5. The van der Waals surface area contributed by atoms with Crippen molar-refractivity contribution in [3.8, 4) is 0 Å². The topological polar surface area (TPSA) is 78.5 Å². The van der Waals surface area contributed by atoms with Crippen LogP contribution in [0.3, 0.4) is 0 Å². The Morgan fingerprint density at radius 1 is 1.32 bits per heavy atom. The Labute approximate surface area is 145 Å². The molecular formula is C18H20N4O3. The summed E-state index contributed by atoms with van der Waals surface area (Å²) in [5.41, 5.74) is 2.67. The molecule has 0 unspecified atom stereocenters. The zero-order valence-electron chi connectivity index (χ0n) is 14.0. The number of anilines is 1. The largest absolute Gasteiger partial charge is 0.356 e. The standard InChI is InChI=1S/C18H20N4O3/c1-21-15(23)11-25-17(16(21)12-6-3-2-4-7-12)18(24)22-9-5-8-13-14(22)10-19-20-13/h2-4,6-7,10,16-17H,5,8-9,11H2,1H3,(H,19,20)/t16-,17-/m1/s1. The second-order valence-corrected chi connectivity index (χ2v) is 6.42. The van der Waals surface area contributed by atoms with Crippen LogP contribution < -0.4 is 4.90 Å². The van der Waals surface area contributed by atoms with Gasteiger partial charge in [0.25, 0.3) is 5.91 Å². The number of aryl methyl sites for hydroxylation is 1.